The molecule has 0 atom stereocenters. The van der Waals surface area contributed by atoms with Gasteiger partial charge < -0.3 is 4.90 Å². The number of rotatable bonds is 4. The molecule has 0 bridgehead atoms. The summed E-state index contributed by atoms with van der Waals surface area (Å²) < 4.78 is 15.1. The number of piperazine rings is 1. The summed E-state index contributed by atoms with van der Waals surface area (Å²) in [6.45, 7) is 7.64. The molecule has 0 N–H and O–H groups in total. The zero-order valence-electron chi connectivity index (χ0n) is 16.8. The Morgan fingerprint density at radius 3 is 2.28 bits per heavy atom. The van der Waals surface area contributed by atoms with Gasteiger partial charge in [-0.1, -0.05) is 29.8 Å². The van der Waals surface area contributed by atoms with Crippen molar-refractivity contribution < 1.29 is 9.18 Å². The number of nitrogens with zero attached hydrogens (tertiary/aromatic N) is 4. The number of carbonyl (C=O) groups is 1. The summed E-state index contributed by atoms with van der Waals surface area (Å²) in [5.41, 5.74) is 5.15. The summed E-state index contributed by atoms with van der Waals surface area (Å²) in [5, 5.41) is 4.82. The summed E-state index contributed by atoms with van der Waals surface area (Å²) in [4.78, 5) is 15.8. The van der Waals surface area contributed by atoms with E-state index >= 15 is 0 Å². The fourth-order valence-corrected chi connectivity index (χ4v) is 3.67. The standard InChI is InChI=1S/C23H25FN4O/c1-17-3-5-19(6-4-17)23-20(15-26-11-13-27(14-12-26)18(2)29)16-28(25-23)22-9-7-21(24)8-10-22/h3-10,16H,11-15H2,1-2H3. The Morgan fingerprint density at radius 1 is 1.00 bits per heavy atom. The normalized spacial score (nSPS) is 14.9. The van der Waals surface area contributed by atoms with Gasteiger partial charge in [-0.3, -0.25) is 9.69 Å². The van der Waals surface area contributed by atoms with E-state index in [-0.39, 0.29) is 11.7 Å². The van der Waals surface area contributed by atoms with Gasteiger partial charge in [0, 0.05) is 57.0 Å². The van der Waals surface area contributed by atoms with E-state index < -0.39 is 0 Å². The minimum absolute atomic E-state index is 0.133. The molecule has 6 heteroatoms. The lowest BCUT2D eigenvalue weighted by molar-refractivity contribution is -0.130. The van der Waals surface area contributed by atoms with E-state index in [1.165, 1.54) is 17.7 Å². The summed E-state index contributed by atoms with van der Waals surface area (Å²) in [5.74, 6) is -0.127. The molecule has 0 aliphatic carbocycles. The summed E-state index contributed by atoms with van der Waals surface area (Å²) in [6.07, 6.45) is 2.03. The highest BCUT2D eigenvalue weighted by molar-refractivity contribution is 5.73. The number of benzene rings is 2. The Balaban J connectivity index is 1.63. The van der Waals surface area contributed by atoms with Gasteiger partial charge in [-0.15, -0.1) is 0 Å². The van der Waals surface area contributed by atoms with Crippen LogP contribution in [0.3, 0.4) is 0 Å². The summed E-state index contributed by atoms with van der Waals surface area (Å²) in [7, 11) is 0. The third-order valence-corrected chi connectivity index (χ3v) is 5.42. The first-order chi connectivity index (χ1) is 14.0. The average Bonchev–Trinajstić information content (AvgIpc) is 3.13. The smallest absolute Gasteiger partial charge is 0.219 e. The first-order valence-electron chi connectivity index (χ1n) is 9.89. The molecular formula is C23H25FN4O. The van der Waals surface area contributed by atoms with Gasteiger partial charge in [0.1, 0.15) is 5.82 Å². The lowest BCUT2D eigenvalue weighted by Gasteiger charge is -2.34. The molecule has 2 aromatic carbocycles. The molecule has 0 radical (unpaired) electrons. The van der Waals surface area contributed by atoms with Gasteiger partial charge in [-0.2, -0.15) is 5.10 Å². The van der Waals surface area contributed by atoms with Gasteiger partial charge in [-0.05, 0) is 31.2 Å². The predicted molar refractivity (Wildman–Crippen MR) is 111 cm³/mol. The van der Waals surface area contributed by atoms with Crippen LogP contribution in [0, 0.1) is 12.7 Å². The molecule has 0 spiro atoms. The van der Waals surface area contributed by atoms with Crippen LogP contribution < -0.4 is 0 Å². The minimum atomic E-state index is -0.261. The molecule has 5 nitrogen and oxygen atoms in total. The van der Waals surface area contributed by atoms with Crippen molar-refractivity contribution in [2.45, 2.75) is 20.4 Å². The van der Waals surface area contributed by atoms with Gasteiger partial charge in [0.25, 0.3) is 0 Å². The molecular weight excluding hydrogens is 367 g/mol. The molecule has 1 aromatic heterocycles. The summed E-state index contributed by atoms with van der Waals surface area (Å²) >= 11 is 0. The highest BCUT2D eigenvalue weighted by atomic mass is 19.1. The number of aromatic nitrogens is 2. The summed E-state index contributed by atoms with van der Waals surface area (Å²) in [6, 6.07) is 14.7. The van der Waals surface area contributed by atoms with Crippen LogP contribution in [-0.2, 0) is 11.3 Å². The fraction of sp³-hybridized carbons (Fsp3) is 0.304. The fourth-order valence-electron chi connectivity index (χ4n) is 3.67. The molecule has 4 rings (SSSR count). The second-order valence-corrected chi connectivity index (χ2v) is 7.57. The number of hydrogen-bond donors (Lipinski definition) is 0. The number of hydrogen-bond acceptors (Lipinski definition) is 3. The Labute approximate surface area is 170 Å². The molecule has 2 heterocycles. The Hall–Kier alpha value is -2.99. The Bertz CT molecular complexity index is 987. The zero-order valence-corrected chi connectivity index (χ0v) is 16.8. The van der Waals surface area contributed by atoms with Crippen molar-refractivity contribution in [3.05, 3.63) is 71.7 Å². The number of amides is 1. The molecule has 1 amide bonds. The van der Waals surface area contributed by atoms with Crippen LogP contribution in [0.15, 0.2) is 54.7 Å². The first-order valence-corrected chi connectivity index (χ1v) is 9.89. The van der Waals surface area contributed by atoms with Crippen LogP contribution in [0.1, 0.15) is 18.1 Å². The maximum absolute atomic E-state index is 13.3. The van der Waals surface area contributed by atoms with Crippen molar-refractivity contribution in [2.75, 3.05) is 26.2 Å². The second-order valence-electron chi connectivity index (χ2n) is 7.57. The van der Waals surface area contributed by atoms with E-state index in [0.717, 1.165) is 55.2 Å². The maximum Gasteiger partial charge on any atom is 0.219 e. The van der Waals surface area contributed by atoms with Crippen LogP contribution in [0.25, 0.3) is 16.9 Å². The van der Waals surface area contributed by atoms with Crippen molar-refractivity contribution in [1.82, 2.24) is 19.6 Å². The molecule has 150 valence electrons. The molecule has 1 aliphatic heterocycles. The van der Waals surface area contributed by atoms with Crippen molar-refractivity contribution >= 4 is 5.91 Å². The molecule has 0 unspecified atom stereocenters. The Morgan fingerprint density at radius 2 is 1.66 bits per heavy atom. The van der Waals surface area contributed by atoms with E-state index in [2.05, 4.69) is 36.1 Å². The highest BCUT2D eigenvalue weighted by Gasteiger charge is 2.21. The largest absolute Gasteiger partial charge is 0.340 e. The molecule has 0 saturated carbocycles. The van der Waals surface area contributed by atoms with Gasteiger partial charge >= 0.3 is 0 Å². The Kier molecular flexibility index (Phi) is 5.45. The van der Waals surface area contributed by atoms with E-state index in [1.807, 2.05) is 15.8 Å². The van der Waals surface area contributed by atoms with E-state index in [1.54, 1.807) is 19.1 Å². The maximum atomic E-state index is 13.3. The average molecular weight is 392 g/mol. The van der Waals surface area contributed by atoms with Crippen molar-refractivity contribution in [3.63, 3.8) is 0 Å². The van der Waals surface area contributed by atoms with E-state index in [0.29, 0.717) is 0 Å². The van der Waals surface area contributed by atoms with Crippen molar-refractivity contribution in [3.8, 4) is 16.9 Å². The number of aryl methyl sites for hydroxylation is 1. The monoisotopic (exact) mass is 392 g/mol. The third kappa shape index (κ3) is 4.38. The lowest BCUT2D eigenvalue weighted by Crippen LogP contribution is -2.47. The van der Waals surface area contributed by atoms with Crippen molar-refractivity contribution in [2.24, 2.45) is 0 Å². The van der Waals surface area contributed by atoms with Gasteiger partial charge in [-0.25, -0.2) is 9.07 Å². The molecule has 3 aromatic rings. The third-order valence-electron chi connectivity index (χ3n) is 5.42. The topological polar surface area (TPSA) is 41.4 Å². The van der Waals surface area contributed by atoms with Gasteiger partial charge in [0.2, 0.25) is 5.91 Å². The van der Waals surface area contributed by atoms with Crippen LogP contribution in [-0.4, -0.2) is 51.7 Å². The van der Waals surface area contributed by atoms with Crippen LogP contribution in [0.4, 0.5) is 4.39 Å². The first kappa shape index (κ1) is 19.3. The van der Waals surface area contributed by atoms with Gasteiger partial charge in [0.15, 0.2) is 0 Å². The van der Waals surface area contributed by atoms with E-state index in [4.69, 9.17) is 5.10 Å². The lowest BCUT2D eigenvalue weighted by atomic mass is 10.1. The quantitative estimate of drug-likeness (QED) is 0.681. The van der Waals surface area contributed by atoms with Crippen LogP contribution in [0.5, 0.6) is 0 Å². The van der Waals surface area contributed by atoms with Crippen LogP contribution in [0.2, 0.25) is 0 Å². The number of carbonyl (C=O) groups excluding carboxylic acids is 1. The van der Waals surface area contributed by atoms with E-state index in [9.17, 15) is 9.18 Å². The highest BCUT2D eigenvalue weighted by Crippen LogP contribution is 2.26. The number of halogens is 1. The molecule has 1 aliphatic rings. The van der Waals surface area contributed by atoms with Gasteiger partial charge in [0.05, 0.1) is 11.4 Å². The zero-order chi connectivity index (χ0) is 20.4. The molecule has 1 saturated heterocycles. The SMILES string of the molecule is CC(=O)N1CCN(Cc2cn(-c3ccc(F)cc3)nc2-c2ccc(C)cc2)CC1. The second kappa shape index (κ2) is 8.17. The predicted octanol–water partition coefficient (Wildman–Crippen LogP) is 3.65. The molecule has 29 heavy (non-hydrogen) atoms. The van der Waals surface area contributed by atoms with Crippen LogP contribution >= 0.6 is 0 Å². The minimum Gasteiger partial charge on any atom is -0.340 e. The van der Waals surface area contributed by atoms with Crippen molar-refractivity contribution in [1.29, 1.82) is 0 Å². The molecule has 1 fully saturated rings.